The van der Waals surface area contributed by atoms with E-state index in [1.54, 1.807) is 0 Å². The SMILES string of the molecule is CC(C)(C)OC(=O)C[C@H]1CCC[C@]2(CCN(c3cc(F)cc(F)c3)C2=O)C1. The molecule has 6 heteroatoms. The van der Waals surface area contributed by atoms with Gasteiger partial charge < -0.3 is 9.64 Å². The second kappa shape index (κ2) is 7.21. The van der Waals surface area contributed by atoms with Crippen molar-refractivity contribution in [2.24, 2.45) is 11.3 Å². The van der Waals surface area contributed by atoms with Gasteiger partial charge in [-0.25, -0.2) is 8.78 Å². The summed E-state index contributed by atoms with van der Waals surface area (Å²) < 4.78 is 32.5. The smallest absolute Gasteiger partial charge is 0.306 e. The summed E-state index contributed by atoms with van der Waals surface area (Å²) in [4.78, 5) is 26.8. The first-order valence-electron chi connectivity index (χ1n) is 9.58. The number of benzene rings is 1. The number of amides is 1. The Morgan fingerprint density at radius 1 is 1.22 bits per heavy atom. The molecular formula is C21H27F2NO3. The number of ether oxygens (including phenoxy) is 1. The first kappa shape index (κ1) is 19.8. The van der Waals surface area contributed by atoms with Crippen LogP contribution in [0.25, 0.3) is 0 Å². The molecule has 148 valence electrons. The molecule has 1 aromatic rings. The summed E-state index contributed by atoms with van der Waals surface area (Å²) in [5.74, 6) is -1.60. The zero-order chi connectivity index (χ0) is 19.8. The Morgan fingerprint density at radius 2 is 1.89 bits per heavy atom. The first-order chi connectivity index (χ1) is 12.6. The van der Waals surface area contributed by atoms with E-state index in [0.717, 1.165) is 25.3 Å². The van der Waals surface area contributed by atoms with Crippen molar-refractivity contribution in [3.05, 3.63) is 29.8 Å². The van der Waals surface area contributed by atoms with Gasteiger partial charge in [0, 0.05) is 24.7 Å². The van der Waals surface area contributed by atoms with E-state index in [4.69, 9.17) is 4.74 Å². The molecule has 2 atom stereocenters. The van der Waals surface area contributed by atoms with Crippen LogP contribution in [0.15, 0.2) is 18.2 Å². The number of rotatable bonds is 3. The van der Waals surface area contributed by atoms with Gasteiger partial charge in [0.05, 0.1) is 5.41 Å². The number of carbonyl (C=O) groups is 2. The molecular weight excluding hydrogens is 352 g/mol. The molecule has 1 spiro atoms. The highest BCUT2D eigenvalue weighted by molar-refractivity contribution is 6.00. The Labute approximate surface area is 158 Å². The first-order valence-corrected chi connectivity index (χ1v) is 9.58. The van der Waals surface area contributed by atoms with E-state index in [-0.39, 0.29) is 23.5 Å². The molecule has 2 aliphatic rings. The number of carbonyl (C=O) groups excluding carboxylic acids is 2. The molecule has 1 aromatic carbocycles. The highest BCUT2D eigenvalue weighted by Gasteiger charge is 2.49. The number of nitrogens with zero attached hydrogens (tertiary/aromatic N) is 1. The van der Waals surface area contributed by atoms with Gasteiger partial charge in [-0.15, -0.1) is 0 Å². The van der Waals surface area contributed by atoms with Crippen molar-refractivity contribution in [2.45, 2.75) is 64.9 Å². The van der Waals surface area contributed by atoms with Crippen LogP contribution < -0.4 is 4.90 Å². The van der Waals surface area contributed by atoms with Crippen LogP contribution in [0.1, 0.15) is 59.3 Å². The molecule has 1 amide bonds. The van der Waals surface area contributed by atoms with Gasteiger partial charge in [0.2, 0.25) is 5.91 Å². The topological polar surface area (TPSA) is 46.6 Å². The standard InChI is InChI=1S/C21H27F2NO3/c1-20(2,3)27-18(25)9-14-5-4-6-21(13-14)7-8-24(19(21)26)17-11-15(22)10-16(23)12-17/h10-12,14H,4-9,13H2,1-3H3/t14-,21+/m1/s1. The lowest BCUT2D eigenvalue weighted by molar-refractivity contribution is -0.157. The third-order valence-electron chi connectivity index (χ3n) is 5.49. The van der Waals surface area contributed by atoms with Crippen LogP contribution in [0.3, 0.4) is 0 Å². The normalized spacial score (nSPS) is 25.9. The third kappa shape index (κ3) is 4.47. The van der Waals surface area contributed by atoms with Crippen molar-refractivity contribution < 1.29 is 23.1 Å². The largest absolute Gasteiger partial charge is 0.460 e. The minimum atomic E-state index is -0.690. The second-order valence-corrected chi connectivity index (χ2v) is 8.87. The molecule has 1 saturated carbocycles. The van der Waals surface area contributed by atoms with Gasteiger partial charge in [0.15, 0.2) is 0 Å². The lowest BCUT2D eigenvalue weighted by Crippen LogP contribution is -2.39. The average Bonchev–Trinajstić information content (AvgIpc) is 2.81. The summed E-state index contributed by atoms with van der Waals surface area (Å²) in [5.41, 5.74) is -0.790. The summed E-state index contributed by atoms with van der Waals surface area (Å²) in [6.45, 7) is 5.96. The summed E-state index contributed by atoms with van der Waals surface area (Å²) in [7, 11) is 0. The fraction of sp³-hybridized carbons (Fsp3) is 0.619. The molecule has 2 fully saturated rings. The van der Waals surface area contributed by atoms with Crippen LogP contribution in [0.4, 0.5) is 14.5 Å². The highest BCUT2D eigenvalue weighted by Crippen LogP contribution is 2.48. The van der Waals surface area contributed by atoms with E-state index in [2.05, 4.69) is 0 Å². The zero-order valence-electron chi connectivity index (χ0n) is 16.2. The lowest BCUT2D eigenvalue weighted by Gasteiger charge is -2.36. The van der Waals surface area contributed by atoms with Gasteiger partial charge in [0.1, 0.15) is 17.2 Å². The zero-order valence-corrected chi connectivity index (χ0v) is 16.2. The number of hydrogen-bond acceptors (Lipinski definition) is 3. The van der Waals surface area contributed by atoms with Gasteiger partial charge in [0.25, 0.3) is 0 Å². The minimum Gasteiger partial charge on any atom is -0.460 e. The highest BCUT2D eigenvalue weighted by atomic mass is 19.1. The van der Waals surface area contributed by atoms with Crippen molar-refractivity contribution in [1.82, 2.24) is 0 Å². The van der Waals surface area contributed by atoms with Gasteiger partial charge in [-0.05, 0) is 64.5 Å². The fourth-order valence-electron chi connectivity index (χ4n) is 4.46. The molecule has 1 aliphatic heterocycles. The van der Waals surface area contributed by atoms with Gasteiger partial charge in [-0.1, -0.05) is 6.42 Å². The molecule has 0 unspecified atom stereocenters. The number of esters is 1. The predicted molar refractivity (Wildman–Crippen MR) is 98.2 cm³/mol. The lowest BCUT2D eigenvalue weighted by atomic mass is 9.68. The van der Waals surface area contributed by atoms with Crippen LogP contribution in [-0.2, 0) is 14.3 Å². The molecule has 3 rings (SSSR count). The summed E-state index contributed by atoms with van der Waals surface area (Å²) in [6, 6.07) is 3.19. The molecule has 4 nitrogen and oxygen atoms in total. The van der Waals surface area contributed by atoms with E-state index in [9.17, 15) is 18.4 Å². The molecule has 1 aliphatic carbocycles. The molecule has 0 radical (unpaired) electrons. The maximum Gasteiger partial charge on any atom is 0.306 e. The van der Waals surface area contributed by atoms with Crippen molar-refractivity contribution in [2.75, 3.05) is 11.4 Å². The van der Waals surface area contributed by atoms with E-state index in [0.29, 0.717) is 25.8 Å². The van der Waals surface area contributed by atoms with E-state index >= 15 is 0 Å². The molecule has 0 aromatic heterocycles. The van der Waals surface area contributed by atoms with E-state index < -0.39 is 22.7 Å². The second-order valence-electron chi connectivity index (χ2n) is 8.87. The number of halogens is 2. The third-order valence-corrected chi connectivity index (χ3v) is 5.49. The Morgan fingerprint density at radius 3 is 2.52 bits per heavy atom. The minimum absolute atomic E-state index is 0.0820. The molecule has 1 saturated heterocycles. The Bertz CT molecular complexity index is 723. The Kier molecular flexibility index (Phi) is 5.28. The maximum absolute atomic E-state index is 13.6. The quantitative estimate of drug-likeness (QED) is 0.721. The molecule has 0 N–H and O–H groups in total. The van der Waals surface area contributed by atoms with Crippen molar-refractivity contribution in [3.8, 4) is 0 Å². The summed E-state index contributed by atoms with van der Waals surface area (Å²) >= 11 is 0. The molecule has 27 heavy (non-hydrogen) atoms. The number of hydrogen-bond donors (Lipinski definition) is 0. The van der Waals surface area contributed by atoms with E-state index in [1.165, 1.54) is 17.0 Å². The maximum atomic E-state index is 13.6. The van der Waals surface area contributed by atoms with Crippen molar-refractivity contribution in [3.63, 3.8) is 0 Å². The Hall–Kier alpha value is -1.98. The van der Waals surface area contributed by atoms with Crippen LogP contribution in [0.2, 0.25) is 0 Å². The number of anilines is 1. The van der Waals surface area contributed by atoms with Gasteiger partial charge in [-0.3, -0.25) is 9.59 Å². The van der Waals surface area contributed by atoms with Gasteiger partial charge >= 0.3 is 5.97 Å². The van der Waals surface area contributed by atoms with Crippen LogP contribution in [-0.4, -0.2) is 24.0 Å². The van der Waals surface area contributed by atoms with Crippen molar-refractivity contribution >= 4 is 17.6 Å². The Balaban J connectivity index is 1.71. The van der Waals surface area contributed by atoms with Crippen LogP contribution >= 0.6 is 0 Å². The fourth-order valence-corrected chi connectivity index (χ4v) is 4.46. The molecule has 0 bridgehead atoms. The monoisotopic (exact) mass is 379 g/mol. The van der Waals surface area contributed by atoms with E-state index in [1.807, 2.05) is 20.8 Å². The van der Waals surface area contributed by atoms with Crippen LogP contribution in [0, 0.1) is 23.0 Å². The van der Waals surface area contributed by atoms with Crippen LogP contribution in [0.5, 0.6) is 0 Å². The average molecular weight is 379 g/mol. The summed E-state index contributed by atoms with van der Waals surface area (Å²) in [5, 5.41) is 0. The molecule has 1 heterocycles. The van der Waals surface area contributed by atoms with Gasteiger partial charge in [-0.2, -0.15) is 0 Å². The van der Waals surface area contributed by atoms with Crippen molar-refractivity contribution in [1.29, 1.82) is 0 Å². The summed E-state index contributed by atoms with van der Waals surface area (Å²) in [6.07, 6.45) is 4.09. The predicted octanol–water partition coefficient (Wildman–Crippen LogP) is 4.61.